The van der Waals surface area contributed by atoms with E-state index in [9.17, 15) is 8.42 Å². The maximum absolute atomic E-state index is 12.2. The van der Waals surface area contributed by atoms with E-state index in [1.54, 1.807) is 32.9 Å². The Bertz CT molecular complexity index is 1020. The van der Waals surface area contributed by atoms with Crippen molar-refractivity contribution in [2.45, 2.75) is 38.5 Å². The second kappa shape index (κ2) is 8.66. The van der Waals surface area contributed by atoms with Gasteiger partial charge in [-0.25, -0.2) is 8.42 Å². The van der Waals surface area contributed by atoms with Crippen LogP contribution in [0.15, 0.2) is 73.1 Å². The Hall–Kier alpha value is -2.86. The molecular weight excluding hydrogens is 382 g/mol. The average Bonchev–Trinajstić information content (AvgIpc) is 2.68. The van der Waals surface area contributed by atoms with Crippen LogP contribution in [0.4, 0.5) is 11.4 Å². The first-order valence-corrected chi connectivity index (χ1v) is 11.0. The topological polar surface area (TPSA) is 71.1 Å². The first-order valence-electron chi connectivity index (χ1n) is 9.56. The van der Waals surface area contributed by atoms with Gasteiger partial charge in [0, 0.05) is 30.3 Å². The molecule has 152 valence electrons. The molecule has 0 unspecified atom stereocenters. The monoisotopic (exact) mass is 409 g/mol. The first kappa shape index (κ1) is 20.9. The van der Waals surface area contributed by atoms with E-state index in [2.05, 4.69) is 39.3 Å². The number of aromatic nitrogens is 1. The lowest BCUT2D eigenvalue weighted by molar-refractivity contribution is 0.566. The number of benzene rings is 2. The van der Waals surface area contributed by atoms with E-state index < -0.39 is 14.8 Å². The fourth-order valence-corrected chi connectivity index (χ4v) is 3.43. The molecule has 0 fully saturated rings. The highest BCUT2D eigenvalue weighted by atomic mass is 32.2. The molecule has 0 amide bonds. The van der Waals surface area contributed by atoms with E-state index in [1.165, 1.54) is 11.1 Å². The summed E-state index contributed by atoms with van der Waals surface area (Å²) in [5, 5.41) is 3.40. The fourth-order valence-electron chi connectivity index (χ4n) is 2.68. The summed E-state index contributed by atoms with van der Waals surface area (Å²) in [6.07, 6.45) is 4.50. The molecule has 5 nitrogen and oxygen atoms in total. The molecule has 6 heteroatoms. The summed E-state index contributed by atoms with van der Waals surface area (Å²) < 4.78 is 26.2. The highest BCUT2D eigenvalue weighted by molar-refractivity contribution is 7.94. The van der Waals surface area contributed by atoms with Crippen LogP contribution < -0.4 is 10.0 Å². The zero-order valence-corrected chi connectivity index (χ0v) is 17.8. The second-order valence-corrected chi connectivity index (χ2v) is 10.4. The van der Waals surface area contributed by atoms with Crippen molar-refractivity contribution in [3.05, 3.63) is 89.7 Å². The number of hydrogen-bond donors (Lipinski definition) is 2. The van der Waals surface area contributed by atoms with Crippen molar-refractivity contribution in [3.63, 3.8) is 0 Å². The molecule has 0 atom stereocenters. The van der Waals surface area contributed by atoms with Gasteiger partial charge in [-0.05, 0) is 80.3 Å². The molecule has 2 N–H and O–H groups in total. The summed E-state index contributed by atoms with van der Waals surface area (Å²) in [7, 11) is -3.41. The summed E-state index contributed by atoms with van der Waals surface area (Å²) in [5.41, 5.74) is 5.18. The summed E-state index contributed by atoms with van der Waals surface area (Å²) in [4.78, 5) is 4.04. The zero-order chi connectivity index (χ0) is 20.9. The first-order chi connectivity index (χ1) is 13.7. The van der Waals surface area contributed by atoms with Crippen LogP contribution in [0.1, 0.15) is 37.5 Å². The van der Waals surface area contributed by atoms with Crippen LogP contribution in [0, 0.1) is 0 Å². The second-order valence-electron chi connectivity index (χ2n) is 8.00. The molecule has 3 rings (SSSR count). The number of rotatable bonds is 7. The van der Waals surface area contributed by atoms with Gasteiger partial charge in [0.25, 0.3) is 0 Å². The van der Waals surface area contributed by atoms with Gasteiger partial charge in [0.2, 0.25) is 10.0 Å². The molecule has 0 aliphatic rings. The van der Waals surface area contributed by atoms with Crippen molar-refractivity contribution in [2.75, 3.05) is 10.0 Å². The van der Waals surface area contributed by atoms with E-state index in [0.29, 0.717) is 12.2 Å². The molecule has 0 aliphatic heterocycles. The van der Waals surface area contributed by atoms with Gasteiger partial charge in [-0.3, -0.25) is 9.71 Å². The lowest BCUT2D eigenvalue weighted by Gasteiger charge is -2.20. The van der Waals surface area contributed by atoms with Gasteiger partial charge in [-0.1, -0.05) is 24.3 Å². The van der Waals surface area contributed by atoms with E-state index in [0.717, 1.165) is 17.7 Å². The van der Waals surface area contributed by atoms with E-state index in [1.807, 2.05) is 36.7 Å². The van der Waals surface area contributed by atoms with E-state index in [4.69, 9.17) is 0 Å². The lowest BCUT2D eigenvalue weighted by atomic mass is 10.1. The Morgan fingerprint density at radius 1 is 0.759 bits per heavy atom. The van der Waals surface area contributed by atoms with Crippen LogP contribution in [0.5, 0.6) is 0 Å². The number of anilines is 2. The van der Waals surface area contributed by atoms with Gasteiger partial charge in [0.15, 0.2) is 0 Å². The third-order valence-corrected chi connectivity index (χ3v) is 6.74. The summed E-state index contributed by atoms with van der Waals surface area (Å²) in [6, 6.07) is 19.9. The third kappa shape index (κ3) is 5.81. The van der Waals surface area contributed by atoms with Crippen LogP contribution in [-0.4, -0.2) is 18.1 Å². The van der Waals surface area contributed by atoms with Gasteiger partial charge in [0.05, 0.1) is 4.75 Å². The molecule has 3 aromatic rings. The number of nitrogens with one attached hydrogen (secondary N) is 2. The van der Waals surface area contributed by atoms with Gasteiger partial charge >= 0.3 is 0 Å². The van der Waals surface area contributed by atoms with Crippen molar-refractivity contribution in [1.29, 1.82) is 0 Å². The zero-order valence-electron chi connectivity index (χ0n) is 17.0. The van der Waals surface area contributed by atoms with Crippen LogP contribution >= 0.6 is 0 Å². The normalized spacial score (nSPS) is 11.8. The molecule has 0 radical (unpaired) electrons. The van der Waals surface area contributed by atoms with Crippen molar-refractivity contribution in [1.82, 2.24) is 4.98 Å². The Balaban J connectivity index is 1.55. The van der Waals surface area contributed by atoms with Crippen LogP contribution in [0.2, 0.25) is 0 Å². The van der Waals surface area contributed by atoms with Crippen LogP contribution in [0.3, 0.4) is 0 Å². The molecule has 2 aromatic carbocycles. The SMILES string of the molecule is CC(C)(C)S(=O)(=O)Nc1ccc(CNc2ccc(Cc3ccncc3)cc2)cc1. The number of nitrogens with zero attached hydrogens (tertiary/aromatic N) is 1. The molecule has 1 heterocycles. The molecule has 1 aromatic heterocycles. The Morgan fingerprint density at radius 2 is 1.28 bits per heavy atom. The van der Waals surface area contributed by atoms with E-state index >= 15 is 0 Å². The molecular formula is C23H27N3O2S. The minimum Gasteiger partial charge on any atom is -0.381 e. The Labute approximate surface area is 173 Å². The molecule has 0 spiro atoms. The third-order valence-electron chi connectivity index (χ3n) is 4.62. The predicted molar refractivity (Wildman–Crippen MR) is 120 cm³/mol. The van der Waals surface area contributed by atoms with Gasteiger partial charge in [0.1, 0.15) is 0 Å². The number of sulfonamides is 1. The molecule has 29 heavy (non-hydrogen) atoms. The Kier molecular flexibility index (Phi) is 6.23. The smallest absolute Gasteiger partial charge is 0.237 e. The average molecular weight is 410 g/mol. The van der Waals surface area contributed by atoms with Gasteiger partial charge in [-0.15, -0.1) is 0 Å². The number of pyridine rings is 1. The van der Waals surface area contributed by atoms with Gasteiger partial charge < -0.3 is 5.32 Å². The fraction of sp³-hybridized carbons (Fsp3) is 0.261. The molecule has 0 bridgehead atoms. The minimum atomic E-state index is -3.41. The predicted octanol–water partition coefficient (Wildman–Crippen LogP) is 4.82. The summed E-state index contributed by atoms with van der Waals surface area (Å²) >= 11 is 0. The number of hydrogen-bond acceptors (Lipinski definition) is 4. The highest BCUT2D eigenvalue weighted by Crippen LogP contribution is 2.20. The van der Waals surface area contributed by atoms with Gasteiger partial charge in [-0.2, -0.15) is 0 Å². The maximum atomic E-state index is 12.2. The highest BCUT2D eigenvalue weighted by Gasteiger charge is 2.28. The largest absolute Gasteiger partial charge is 0.381 e. The van der Waals surface area contributed by atoms with Crippen molar-refractivity contribution < 1.29 is 8.42 Å². The summed E-state index contributed by atoms with van der Waals surface area (Å²) in [6.45, 7) is 5.69. The van der Waals surface area contributed by atoms with Crippen LogP contribution in [-0.2, 0) is 23.0 Å². The standard InChI is InChI=1S/C23H27N3O2S/c1-23(2,3)29(27,28)26-22-10-6-20(7-11-22)17-25-21-8-4-18(5-9-21)16-19-12-14-24-15-13-19/h4-15,25-26H,16-17H2,1-3H3. The van der Waals surface area contributed by atoms with E-state index in [-0.39, 0.29) is 0 Å². The molecule has 0 saturated carbocycles. The van der Waals surface area contributed by atoms with Crippen molar-refractivity contribution >= 4 is 21.4 Å². The molecule has 0 saturated heterocycles. The maximum Gasteiger partial charge on any atom is 0.237 e. The van der Waals surface area contributed by atoms with Crippen molar-refractivity contribution in [3.8, 4) is 0 Å². The van der Waals surface area contributed by atoms with Crippen molar-refractivity contribution in [2.24, 2.45) is 0 Å². The summed E-state index contributed by atoms with van der Waals surface area (Å²) in [5.74, 6) is 0. The molecule has 0 aliphatic carbocycles. The lowest BCUT2D eigenvalue weighted by Crippen LogP contribution is -2.33. The Morgan fingerprint density at radius 3 is 1.86 bits per heavy atom. The van der Waals surface area contributed by atoms with Crippen LogP contribution in [0.25, 0.3) is 0 Å². The minimum absolute atomic E-state index is 0.573. The quantitative estimate of drug-likeness (QED) is 0.587.